The van der Waals surface area contributed by atoms with Crippen LogP contribution in [0.15, 0.2) is 29.3 Å². The Morgan fingerprint density at radius 2 is 2.27 bits per heavy atom. The first kappa shape index (κ1) is 9.97. The third kappa shape index (κ3) is 2.27. The second-order valence-electron chi connectivity index (χ2n) is 3.25. The molecule has 1 heterocycles. The van der Waals surface area contributed by atoms with Crippen molar-refractivity contribution in [3.05, 3.63) is 35.0 Å². The van der Waals surface area contributed by atoms with Crippen molar-refractivity contribution in [3.8, 4) is 0 Å². The van der Waals surface area contributed by atoms with Crippen molar-refractivity contribution in [1.29, 1.82) is 0 Å². The van der Waals surface area contributed by atoms with Crippen LogP contribution in [0.1, 0.15) is 5.69 Å². The number of hydrogen-bond donors (Lipinski definition) is 1. The molecule has 0 aliphatic heterocycles. The summed E-state index contributed by atoms with van der Waals surface area (Å²) in [5, 5.41) is 1.80. The van der Waals surface area contributed by atoms with Gasteiger partial charge in [0.25, 0.3) is 0 Å². The Hall–Kier alpha value is -1.57. The van der Waals surface area contributed by atoms with Crippen molar-refractivity contribution < 1.29 is 4.79 Å². The van der Waals surface area contributed by atoms with Crippen molar-refractivity contribution >= 4 is 28.6 Å². The second kappa shape index (κ2) is 4.30. The second-order valence-corrected chi connectivity index (χ2v) is 3.69. The summed E-state index contributed by atoms with van der Waals surface area (Å²) in [7, 11) is 0. The van der Waals surface area contributed by atoms with E-state index >= 15 is 0 Å². The molecule has 0 saturated carbocycles. The van der Waals surface area contributed by atoms with E-state index in [1.165, 1.54) is 6.08 Å². The van der Waals surface area contributed by atoms with Crippen molar-refractivity contribution in [3.63, 3.8) is 0 Å². The molecule has 3 nitrogen and oxygen atoms in total. The number of nitrogens with one attached hydrogen (secondary N) is 1. The van der Waals surface area contributed by atoms with E-state index in [0.29, 0.717) is 13.0 Å². The van der Waals surface area contributed by atoms with Crippen molar-refractivity contribution in [2.45, 2.75) is 6.42 Å². The highest BCUT2D eigenvalue weighted by Crippen LogP contribution is 2.20. The highest BCUT2D eigenvalue weighted by molar-refractivity contribution is 6.31. The Kier molecular flexibility index (Phi) is 2.86. The zero-order valence-corrected chi connectivity index (χ0v) is 8.71. The molecule has 76 valence electrons. The number of carbonyl (C=O) groups excluding carboxylic acids is 1. The first-order valence-corrected chi connectivity index (χ1v) is 4.98. The summed E-state index contributed by atoms with van der Waals surface area (Å²) in [5.74, 6) is 0. The van der Waals surface area contributed by atoms with Crippen LogP contribution in [-0.2, 0) is 11.2 Å². The molecule has 0 fully saturated rings. The molecule has 0 amide bonds. The van der Waals surface area contributed by atoms with Gasteiger partial charge in [0, 0.05) is 28.0 Å². The van der Waals surface area contributed by atoms with Gasteiger partial charge < -0.3 is 4.98 Å². The molecule has 1 aromatic carbocycles. The predicted molar refractivity (Wildman–Crippen MR) is 60.0 cm³/mol. The Labute approximate surface area is 91.8 Å². The number of benzene rings is 1. The summed E-state index contributed by atoms with van der Waals surface area (Å²) >= 11 is 5.87. The molecule has 1 aromatic heterocycles. The van der Waals surface area contributed by atoms with Crippen LogP contribution in [0, 0.1) is 0 Å². The van der Waals surface area contributed by atoms with E-state index in [9.17, 15) is 4.79 Å². The SMILES string of the molecule is O=C=NCCc1cc2cc(Cl)ccc2[nH]1. The summed E-state index contributed by atoms with van der Waals surface area (Å²) in [6.07, 6.45) is 2.23. The van der Waals surface area contributed by atoms with Gasteiger partial charge in [-0.15, -0.1) is 0 Å². The fourth-order valence-corrected chi connectivity index (χ4v) is 1.70. The van der Waals surface area contributed by atoms with Gasteiger partial charge in [-0.1, -0.05) is 11.6 Å². The van der Waals surface area contributed by atoms with E-state index in [1.54, 1.807) is 0 Å². The number of halogens is 1. The van der Waals surface area contributed by atoms with E-state index in [4.69, 9.17) is 11.6 Å². The molecule has 4 heteroatoms. The standard InChI is InChI=1S/C11H9ClN2O/c12-9-1-2-11-8(5-9)6-10(14-11)3-4-13-7-15/h1-2,5-6,14H,3-4H2. The maximum atomic E-state index is 9.89. The highest BCUT2D eigenvalue weighted by atomic mass is 35.5. The summed E-state index contributed by atoms with van der Waals surface area (Å²) < 4.78 is 0. The topological polar surface area (TPSA) is 45.2 Å². The highest BCUT2D eigenvalue weighted by Gasteiger charge is 2.00. The van der Waals surface area contributed by atoms with Gasteiger partial charge in [-0.3, -0.25) is 0 Å². The van der Waals surface area contributed by atoms with Crippen LogP contribution >= 0.6 is 11.6 Å². The molecule has 2 rings (SSSR count). The van der Waals surface area contributed by atoms with E-state index in [0.717, 1.165) is 21.6 Å². The van der Waals surface area contributed by atoms with Gasteiger partial charge in [-0.2, -0.15) is 0 Å². The first-order valence-electron chi connectivity index (χ1n) is 4.60. The van der Waals surface area contributed by atoms with E-state index in [2.05, 4.69) is 9.98 Å². The normalized spacial score (nSPS) is 10.2. The maximum absolute atomic E-state index is 9.89. The molecule has 0 spiro atoms. The molecule has 0 unspecified atom stereocenters. The van der Waals surface area contributed by atoms with Gasteiger partial charge in [-0.05, 0) is 24.3 Å². The van der Waals surface area contributed by atoms with Crippen molar-refractivity contribution in [1.82, 2.24) is 4.98 Å². The first-order chi connectivity index (χ1) is 7.29. The van der Waals surface area contributed by atoms with Gasteiger partial charge in [0.15, 0.2) is 0 Å². The van der Waals surface area contributed by atoms with Crippen molar-refractivity contribution in [2.24, 2.45) is 4.99 Å². The third-order valence-corrected chi connectivity index (χ3v) is 2.43. The van der Waals surface area contributed by atoms with Crippen LogP contribution < -0.4 is 0 Å². The number of aromatic amines is 1. The van der Waals surface area contributed by atoms with E-state index in [1.807, 2.05) is 24.3 Å². The fourth-order valence-electron chi connectivity index (χ4n) is 1.52. The monoisotopic (exact) mass is 220 g/mol. The summed E-state index contributed by atoms with van der Waals surface area (Å²) in [5.41, 5.74) is 2.09. The average Bonchev–Trinajstić information content (AvgIpc) is 2.60. The molecule has 0 bridgehead atoms. The largest absolute Gasteiger partial charge is 0.358 e. The fraction of sp³-hybridized carbons (Fsp3) is 0.182. The number of H-pyrrole nitrogens is 1. The van der Waals surface area contributed by atoms with Crippen LogP contribution in [0.2, 0.25) is 5.02 Å². The minimum absolute atomic E-state index is 0.462. The smallest absolute Gasteiger partial charge is 0.234 e. The molecule has 1 N–H and O–H groups in total. The number of hydrogen-bond acceptors (Lipinski definition) is 2. The lowest BCUT2D eigenvalue weighted by Crippen LogP contribution is -1.88. The number of isocyanates is 1. The number of aliphatic imine (C=N–C) groups is 1. The van der Waals surface area contributed by atoms with Gasteiger partial charge in [0.2, 0.25) is 6.08 Å². The molecule has 0 atom stereocenters. The lowest BCUT2D eigenvalue weighted by Gasteiger charge is -1.90. The number of aromatic nitrogens is 1. The van der Waals surface area contributed by atoms with Crippen LogP contribution in [0.4, 0.5) is 0 Å². The number of rotatable bonds is 3. The molecule has 0 saturated heterocycles. The van der Waals surface area contributed by atoms with Gasteiger partial charge in [0.1, 0.15) is 0 Å². The Morgan fingerprint density at radius 3 is 3.07 bits per heavy atom. The molecular weight excluding hydrogens is 212 g/mol. The van der Waals surface area contributed by atoms with E-state index in [-0.39, 0.29) is 0 Å². The summed E-state index contributed by atoms with van der Waals surface area (Å²) in [6, 6.07) is 7.69. The number of nitrogens with zero attached hydrogens (tertiary/aromatic N) is 1. The number of fused-ring (bicyclic) bond motifs is 1. The Bertz CT molecular complexity index is 526. The van der Waals surface area contributed by atoms with Crippen LogP contribution in [0.5, 0.6) is 0 Å². The summed E-state index contributed by atoms with van der Waals surface area (Å²) in [4.78, 5) is 16.6. The van der Waals surface area contributed by atoms with E-state index < -0.39 is 0 Å². The quantitative estimate of drug-likeness (QED) is 0.627. The maximum Gasteiger partial charge on any atom is 0.234 e. The zero-order valence-electron chi connectivity index (χ0n) is 7.96. The van der Waals surface area contributed by atoms with Crippen LogP contribution in [0.3, 0.4) is 0 Å². The molecule has 0 radical (unpaired) electrons. The molecule has 0 aliphatic carbocycles. The minimum Gasteiger partial charge on any atom is -0.358 e. The minimum atomic E-state index is 0.462. The van der Waals surface area contributed by atoms with Crippen LogP contribution in [0.25, 0.3) is 10.9 Å². The molecule has 15 heavy (non-hydrogen) atoms. The van der Waals surface area contributed by atoms with Gasteiger partial charge in [-0.25, -0.2) is 9.79 Å². The Balaban J connectivity index is 2.26. The lowest BCUT2D eigenvalue weighted by atomic mass is 10.2. The van der Waals surface area contributed by atoms with Gasteiger partial charge >= 0.3 is 0 Å². The molecule has 2 aromatic rings. The zero-order chi connectivity index (χ0) is 10.7. The molecule has 0 aliphatic rings. The Morgan fingerprint density at radius 1 is 1.40 bits per heavy atom. The average molecular weight is 221 g/mol. The lowest BCUT2D eigenvalue weighted by molar-refractivity contribution is 0.563. The summed E-state index contributed by atoms with van der Waals surface area (Å²) in [6.45, 7) is 0.462. The van der Waals surface area contributed by atoms with Crippen molar-refractivity contribution in [2.75, 3.05) is 6.54 Å². The van der Waals surface area contributed by atoms with Gasteiger partial charge in [0.05, 0.1) is 6.54 Å². The van der Waals surface area contributed by atoms with Crippen LogP contribution in [-0.4, -0.2) is 17.6 Å². The third-order valence-electron chi connectivity index (χ3n) is 2.20. The molecular formula is C11H9ClN2O. The predicted octanol–water partition coefficient (Wildman–Crippen LogP) is 2.70.